The minimum atomic E-state index is 0.336. The fraction of sp³-hybridized carbons (Fsp3) is 0.200. The second kappa shape index (κ2) is 8.09. The molecule has 0 bridgehead atoms. The van der Waals surface area contributed by atoms with Gasteiger partial charge in [0, 0.05) is 17.2 Å². The lowest BCUT2D eigenvalue weighted by atomic mass is 9.74. The van der Waals surface area contributed by atoms with Gasteiger partial charge in [0.25, 0.3) is 0 Å². The van der Waals surface area contributed by atoms with Crippen molar-refractivity contribution in [1.82, 2.24) is 0 Å². The maximum atomic E-state index is 6.01. The van der Waals surface area contributed by atoms with Gasteiger partial charge in [-0.1, -0.05) is 72.8 Å². The summed E-state index contributed by atoms with van der Waals surface area (Å²) in [5.41, 5.74) is 5.87. The van der Waals surface area contributed by atoms with Crippen molar-refractivity contribution in [3.63, 3.8) is 0 Å². The molecule has 1 fully saturated rings. The predicted octanol–water partition coefficient (Wildman–Crippen LogP) is 6.73. The normalized spacial score (nSPS) is 19.8. The van der Waals surface area contributed by atoms with Crippen LogP contribution in [-0.4, -0.2) is 26.4 Å². The SMILES string of the molecule is C1=CC2=C3C(C1)OC3Cc1c2ccc2ccccc12.COc1ccc(OC)c2ccccc12. The number of ether oxygens (including phenoxy) is 3. The molecule has 4 aromatic rings. The highest BCUT2D eigenvalue weighted by molar-refractivity contribution is 5.95. The van der Waals surface area contributed by atoms with Gasteiger partial charge in [0.15, 0.2) is 0 Å². The van der Waals surface area contributed by atoms with E-state index >= 15 is 0 Å². The molecule has 3 aliphatic rings. The Morgan fingerprint density at radius 1 is 0.727 bits per heavy atom. The smallest absolute Gasteiger partial charge is 0.126 e. The summed E-state index contributed by atoms with van der Waals surface area (Å²) in [6.45, 7) is 0. The number of allylic oxidation sites excluding steroid dienone is 2. The molecule has 0 N–H and O–H groups in total. The molecular formula is C30H26O3. The van der Waals surface area contributed by atoms with E-state index in [-0.39, 0.29) is 0 Å². The molecule has 1 heterocycles. The van der Waals surface area contributed by atoms with Gasteiger partial charge in [-0.2, -0.15) is 0 Å². The topological polar surface area (TPSA) is 27.7 Å². The lowest BCUT2D eigenvalue weighted by Gasteiger charge is -2.45. The first kappa shape index (κ1) is 20.1. The van der Waals surface area contributed by atoms with Crippen LogP contribution in [0.4, 0.5) is 0 Å². The van der Waals surface area contributed by atoms with Gasteiger partial charge in [-0.05, 0) is 51.6 Å². The zero-order valence-corrected chi connectivity index (χ0v) is 18.9. The third kappa shape index (κ3) is 3.23. The molecule has 164 valence electrons. The van der Waals surface area contributed by atoms with Crippen LogP contribution in [-0.2, 0) is 11.2 Å². The van der Waals surface area contributed by atoms with Crippen molar-refractivity contribution in [2.45, 2.75) is 25.0 Å². The number of rotatable bonds is 2. The second-order valence-corrected chi connectivity index (χ2v) is 8.65. The first-order valence-corrected chi connectivity index (χ1v) is 11.4. The molecule has 3 nitrogen and oxygen atoms in total. The molecule has 2 aliphatic carbocycles. The van der Waals surface area contributed by atoms with Crippen molar-refractivity contribution in [1.29, 1.82) is 0 Å². The van der Waals surface area contributed by atoms with Crippen LogP contribution in [0.25, 0.3) is 27.1 Å². The van der Waals surface area contributed by atoms with Gasteiger partial charge in [0.2, 0.25) is 0 Å². The van der Waals surface area contributed by atoms with Gasteiger partial charge in [-0.25, -0.2) is 0 Å². The third-order valence-electron chi connectivity index (χ3n) is 6.97. The first-order chi connectivity index (χ1) is 16.3. The van der Waals surface area contributed by atoms with Crippen LogP contribution in [0.5, 0.6) is 11.5 Å². The zero-order valence-electron chi connectivity index (χ0n) is 18.9. The van der Waals surface area contributed by atoms with Crippen molar-refractivity contribution in [3.8, 4) is 11.5 Å². The summed E-state index contributed by atoms with van der Waals surface area (Å²) < 4.78 is 16.6. The van der Waals surface area contributed by atoms with Crippen LogP contribution in [0.15, 0.2) is 90.5 Å². The van der Waals surface area contributed by atoms with E-state index in [9.17, 15) is 0 Å². The summed E-state index contributed by atoms with van der Waals surface area (Å²) in [6, 6.07) is 25.1. The minimum Gasteiger partial charge on any atom is -0.496 e. The van der Waals surface area contributed by atoms with Gasteiger partial charge in [-0.3, -0.25) is 0 Å². The van der Waals surface area contributed by atoms with E-state index in [0.717, 1.165) is 35.1 Å². The maximum absolute atomic E-state index is 6.01. The molecule has 0 radical (unpaired) electrons. The second-order valence-electron chi connectivity index (χ2n) is 8.65. The van der Waals surface area contributed by atoms with Crippen LogP contribution in [0.3, 0.4) is 0 Å². The molecule has 0 amide bonds. The van der Waals surface area contributed by atoms with Gasteiger partial charge in [0.1, 0.15) is 11.5 Å². The van der Waals surface area contributed by atoms with Gasteiger partial charge < -0.3 is 14.2 Å². The Bertz CT molecular complexity index is 1390. The molecule has 0 spiro atoms. The van der Waals surface area contributed by atoms with Crippen LogP contribution in [0.2, 0.25) is 0 Å². The summed E-state index contributed by atoms with van der Waals surface area (Å²) in [5.74, 6) is 1.75. The summed E-state index contributed by atoms with van der Waals surface area (Å²) in [7, 11) is 3.35. The number of hydrogen-bond donors (Lipinski definition) is 0. The molecular weight excluding hydrogens is 408 g/mol. The molecule has 0 saturated carbocycles. The Hall–Kier alpha value is -3.56. The van der Waals surface area contributed by atoms with Crippen molar-refractivity contribution in [2.75, 3.05) is 14.2 Å². The lowest BCUT2D eigenvalue weighted by molar-refractivity contribution is -0.0547. The quantitative estimate of drug-likeness (QED) is 0.350. The van der Waals surface area contributed by atoms with E-state index in [1.807, 2.05) is 36.4 Å². The monoisotopic (exact) mass is 434 g/mol. The number of hydrogen-bond acceptors (Lipinski definition) is 3. The van der Waals surface area contributed by atoms with Crippen molar-refractivity contribution < 1.29 is 14.2 Å². The average molecular weight is 435 g/mol. The highest BCUT2D eigenvalue weighted by atomic mass is 16.5. The van der Waals surface area contributed by atoms with E-state index in [1.54, 1.807) is 19.8 Å². The Morgan fingerprint density at radius 3 is 2.09 bits per heavy atom. The van der Waals surface area contributed by atoms with E-state index in [0.29, 0.717) is 12.2 Å². The molecule has 1 aliphatic heterocycles. The Balaban J connectivity index is 0.000000132. The summed E-state index contributed by atoms with van der Waals surface area (Å²) in [5, 5.41) is 4.88. The largest absolute Gasteiger partial charge is 0.496 e. The van der Waals surface area contributed by atoms with E-state index in [2.05, 4.69) is 48.6 Å². The Morgan fingerprint density at radius 2 is 1.39 bits per heavy atom. The molecule has 33 heavy (non-hydrogen) atoms. The Labute approximate surface area is 193 Å². The van der Waals surface area contributed by atoms with E-state index < -0.39 is 0 Å². The highest BCUT2D eigenvalue weighted by Crippen LogP contribution is 2.47. The van der Waals surface area contributed by atoms with Crippen LogP contribution in [0.1, 0.15) is 17.5 Å². The van der Waals surface area contributed by atoms with E-state index in [1.165, 1.54) is 27.5 Å². The molecule has 3 heteroatoms. The zero-order chi connectivity index (χ0) is 22.4. The Kier molecular flexibility index (Phi) is 4.92. The van der Waals surface area contributed by atoms with Gasteiger partial charge in [-0.15, -0.1) is 0 Å². The molecule has 2 unspecified atom stereocenters. The summed E-state index contributed by atoms with van der Waals surface area (Å²) in [4.78, 5) is 0. The number of benzene rings is 4. The molecule has 0 aromatic heterocycles. The van der Waals surface area contributed by atoms with E-state index in [4.69, 9.17) is 14.2 Å². The van der Waals surface area contributed by atoms with Gasteiger partial charge in [0.05, 0.1) is 26.4 Å². The van der Waals surface area contributed by atoms with Crippen molar-refractivity contribution in [2.24, 2.45) is 0 Å². The standard InChI is InChI=1S/C18H14O.C12H12O2/c1-2-5-12-11(4-1)8-9-13-14-6-3-7-16-18(14)17(19-16)10-15(12)13;1-13-11-7-8-12(14-2)10-6-4-3-5-9(10)11/h1-6,8-9,16-17H,7,10H2;3-8H,1-2H3. The van der Waals surface area contributed by atoms with Crippen LogP contribution < -0.4 is 9.47 Å². The van der Waals surface area contributed by atoms with Crippen molar-refractivity contribution >= 4 is 27.1 Å². The fourth-order valence-corrected chi connectivity index (χ4v) is 5.41. The van der Waals surface area contributed by atoms with Crippen molar-refractivity contribution in [3.05, 3.63) is 102 Å². The van der Waals surface area contributed by atoms with Gasteiger partial charge >= 0.3 is 0 Å². The summed E-state index contributed by atoms with van der Waals surface area (Å²) in [6.07, 6.45) is 7.35. The lowest BCUT2D eigenvalue weighted by Crippen LogP contribution is -2.45. The predicted molar refractivity (Wildman–Crippen MR) is 134 cm³/mol. The fourth-order valence-electron chi connectivity index (χ4n) is 5.41. The molecule has 2 atom stereocenters. The maximum Gasteiger partial charge on any atom is 0.126 e. The third-order valence-corrected chi connectivity index (χ3v) is 6.97. The summed E-state index contributed by atoms with van der Waals surface area (Å²) >= 11 is 0. The molecule has 1 saturated heterocycles. The average Bonchev–Trinajstić information content (AvgIpc) is 2.87. The molecule has 7 rings (SSSR count). The number of fused-ring (bicyclic) bond motifs is 5. The minimum absolute atomic E-state index is 0.336. The highest BCUT2D eigenvalue weighted by Gasteiger charge is 2.42. The van der Waals surface area contributed by atoms with Crippen LogP contribution in [0, 0.1) is 0 Å². The first-order valence-electron chi connectivity index (χ1n) is 11.4. The molecule has 4 aromatic carbocycles. The number of methoxy groups -OCH3 is 2. The van der Waals surface area contributed by atoms with Crippen LogP contribution >= 0.6 is 0 Å².